The van der Waals surface area contributed by atoms with Crippen LogP contribution >= 0.6 is 11.3 Å². The Kier molecular flexibility index (Phi) is 2.44. The van der Waals surface area contributed by atoms with Gasteiger partial charge in [-0.15, -0.1) is 11.3 Å². The monoisotopic (exact) mass is 237 g/mol. The van der Waals surface area contributed by atoms with Crippen molar-refractivity contribution < 1.29 is 4.79 Å². The van der Waals surface area contributed by atoms with Crippen molar-refractivity contribution in [3.8, 4) is 0 Å². The standard InChI is InChI=1S/C11H15N3OS/c1-12-9-5-7-4-8(7)6-14(10(9)15)11-13-2-3-16-11/h2-3,7-9,12H,4-6H2,1H3. The number of carbonyl (C=O) groups is 1. The minimum Gasteiger partial charge on any atom is -0.309 e. The van der Waals surface area contributed by atoms with E-state index >= 15 is 0 Å². The molecule has 1 saturated carbocycles. The lowest BCUT2D eigenvalue weighted by Crippen LogP contribution is -2.45. The van der Waals surface area contributed by atoms with E-state index < -0.39 is 0 Å². The first-order valence-corrected chi connectivity index (χ1v) is 6.55. The van der Waals surface area contributed by atoms with Crippen LogP contribution in [0.5, 0.6) is 0 Å². The fourth-order valence-electron chi connectivity index (χ4n) is 2.50. The Balaban J connectivity index is 1.88. The average molecular weight is 237 g/mol. The number of thiazole rings is 1. The van der Waals surface area contributed by atoms with Crippen LogP contribution in [0.3, 0.4) is 0 Å². The molecule has 0 aromatic carbocycles. The van der Waals surface area contributed by atoms with Crippen molar-refractivity contribution in [2.45, 2.75) is 18.9 Å². The maximum Gasteiger partial charge on any atom is 0.245 e. The van der Waals surface area contributed by atoms with Crippen LogP contribution in [0.4, 0.5) is 5.13 Å². The molecule has 1 amide bonds. The lowest BCUT2D eigenvalue weighted by atomic mass is 10.1. The highest BCUT2D eigenvalue weighted by Gasteiger charge is 2.46. The molecule has 1 N–H and O–H groups in total. The number of likely N-dealkylation sites (N-methyl/N-ethyl adjacent to an activating group) is 1. The first-order valence-electron chi connectivity index (χ1n) is 5.67. The van der Waals surface area contributed by atoms with Crippen molar-refractivity contribution in [2.24, 2.45) is 11.8 Å². The highest BCUT2D eigenvalue weighted by molar-refractivity contribution is 7.13. The topological polar surface area (TPSA) is 45.2 Å². The molecule has 3 unspecified atom stereocenters. The van der Waals surface area contributed by atoms with Crippen molar-refractivity contribution >= 4 is 22.4 Å². The summed E-state index contributed by atoms with van der Waals surface area (Å²) in [6.45, 7) is 0.856. The summed E-state index contributed by atoms with van der Waals surface area (Å²) in [4.78, 5) is 18.4. The molecule has 2 fully saturated rings. The zero-order valence-corrected chi connectivity index (χ0v) is 10.0. The second-order valence-electron chi connectivity index (χ2n) is 4.60. The molecule has 16 heavy (non-hydrogen) atoms. The summed E-state index contributed by atoms with van der Waals surface area (Å²) in [5.74, 6) is 1.63. The lowest BCUT2D eigenvalue weighted by molar-refractivity contribution is -0.120. The van der Waals surface area contributed by atoms with E-state index in [4.69, 9.17) is 0 Å². The quantitative estimate of drug-likeness (QED) is 0.838. The fraction of sp³-hybridized carbons (Fsp3) is 0.636. The molecule has 0 radical (unpaired) electrons. The Morgan fingerprint density at radius 1 is 1.50 bits per heavy atom. The van der Waals surface area contributed by atoms with Crippen LogP contribution < -0.4 is 10.2 Å². The molecule has 1 aromatic heterocycles. The summed E-state index contributed by atoms with van der Waals surface area (Å²) >= 11 is 1.54. The average Bonchev–Trinajstić information content (AvgIpc) is 2.81. The third-order valence-electron chi connectivity index (χ3n) is 3.59. The molecule has 3 atom stereocenters. The van der Waals surface area contributed by atoms with E-state index in [-0.39, 0.29) is 11.9 Å². The second kappa shape index (κ2) is 3.82. The Morgan fingerprint density at radius 2 is 2.38 bits per heavy atom. The van der Waals surface area contributed by atoms with Crippen molar-refractivity contribution in [3.63, 3.8) is 0 Å². The van der Waals surface area contributed by atoms with Crippen LogP contribution in [0.25, 0.3) is 0 Å². The van der Waals surface area contributed by atoms with Gasteiger partial charge in [-0.2, -0.15) is 0 Å². The third kappa shape index (κ3) is 1.64. The number of rotatable bonds is 2. The molecule has 0 spiro atoms. The molecule has 0 bridgehead atoms. The highest BCUT2D eigenvalue weighted by atomic mass is 32.1. The van der Waals surface area contributed by atoms with Crippen LogP contribution in [0.1, 0.15) is 12.8 Å². The summed E-state index contributed by atoms with van der Waals surface area (Å²) in [7, 11) is 1.87. The number of carbonyl (C=O) groups excluding carboxylic acids is 1. The summed E-state index contributed by atoms with van der Waals surface area (Å²) in [5, 5.41) is 5.90. The number of amides is 1. The second-order valence-corrected chi connectivity index (χ2v) is 5.47. The van der Waals surface area contributed by atoms with E-state index in [1.54, 1.807) is 17.5 Å². The SMILES string of the molecule is CNC1CC2CC2CN(c2nccs2)C1=O. The van der Waals surface area contributed by atoms with Gasteiger partial charge in [-0.05, 0) is 31.7 Å². The minimum absolute atomic E-state index is 0.0265. The van der Waals surface area contributed by atoms with E-state index in [9.17, 15) is 4.79 Å². The van der Waals surface area contributed by atoms with Crippen molar-refractivity contribution in [1.29, 1.82) is 0 Å². The molecule has 1 aliphatic carbocycles. The molecule has 5 heteroatoms. The van der Waals surface area contributed by atoms with Gasteiger partial charge in [0.1, 0.15) is 0 Å². The largest absolute Gasteiger partial charge is 0.309 e. The summed E-state index contributed by atoms with van der Waals surface area (Å²) in [6.07, 6.45) is 4.02. The molecule has 1 aromatic rings. The van der Waals surface area contributed by atoms with E-state index in [1.807, 2.05) is 17.3 Å². The van der Waals surface area contributed by atoms with Gasteiger partial charge in [-0.25, -0.2) is 4.98 Å². The fourth-order valence-corrected chi connectivity index (χ4v) is 3.16. The van der Waals surface area contributed by atoms with Gasteiger partial charge in [0.2, 0.25) is 5.91 Å². The van der Waals surface area contributed by atoms with E-state index in [0.717, 1.165) is 24.0 Å². The van der Waals surface area contributed by atoms with E-state index in [0.29, 0.717) is 5.92 Å². The molecule has 1 saturated heterocycles. The molecular formula is C11H15N3OS. The number of aromatic nitrogens is 1. The number of hydrogen-bond donors (Lipinski definition) is 1. The molecular weight excluding hydrogens is 222 g/mol. The maximum atomic E-state index is 12.3. The van der Waals surface area contributed by atoms with Crippen molar-refractivity contribution in [1.82, 2.24) is 10.3 Å². The van der Waals surface area contributed by atoms with Crippen molar-refractivity contribution in [2.75, 3.05) is 18.5 Å². The Labute approximate surface area is 98.7 Å². The zero-order valence-electron chi connectivity index (χ0n) is 9.22. The number of hydrogen-bond acceptors (Lipinski definition) is 4. The molecule has 4 nitrogen and oxygen atoms in total. The first-order chi connectivity index (χ1) is 7.79. The van der Waals surface area contributed by atoms with Crippen LogP contribution in [-0.4, -0.2) is 30.5 Å². The predicted octanol–water partition coefficient (Wildman–Crippen LogP) is 1.10. The number of anilines is 1. The van der Waals surface area contributed by atoms with Crippen LogP contribution in [0, 0.1) is 11.8 Å². The van der Waals surface area contributed by atoms with Crippen LogP contribution in [0.15, 0.2) is 11.6 Å². The van der Waals surface area contributed by atoms with Gasteiger partial charge in [0, 0.05) is 18.1 Å². The van der Waals surface area contributed by atoms with Crippen LogP contribution in [0.2, 0.25) is 0 Å². The predicted molar refractivity (Wildman–Crippen MR) is 63.5 cm³/mol. The minimum atomic E-state index is -0.0265. The van der Waals surface area contributed by atoms with E-state index in [2.05, 4.69) is 10.3 Å². The molecule has 86 valence electrons. The van der Waals surface area contributed by atoms with Gasteiger partial charge in [0.25, 0.3) is 0 Å². The van der Waals surface area contributed by atoms with Gasteiger partial charge in [0.15, 0.2) is 5.13 Å². The zero-order chi connectivity index (χ0) is 11.1. The lowest BCUT2D eigenvalue weighted by Gasteiger charge is -2.22. The number of nitrogens with zero attached hydrogens (tertiary/aromatic N) is 2. The Bertz CT molecular complexity index is 392. The summed E-state index contributed by atoms with van der Waals surface area (Å²) in [5.41, 5.74) is 0. The third-order valence-corrected chi connectivity index (χ3v) is 4.38. The highest BCUT2D eigenvalue weighted by Crippen LogP contribution is 2.45. The Morgan fingerprint density at radius 3 is 3.06 bits per heavy atom. The Hall–Kier alpha value is -0.940. The van der Waals surface area contributed by atoms with Gasteiger partial charge in [-0.1, -0.05) is 0 Å². The molecule has 3 rings (SSSR count). The first kappa shape index (κ1) is 10.2. The number of fused-ring (bicyclic) bond motifs is 1. The summed E-state index contributed by atoms with van der Waals surface area (Å²) < 4.78 is 0. The summed E-state index contributed by atoms with van der Waals surface area (Å²) in [6, 6.07) is -0.0265. The molecule has 2 heterocycles. The van der Waals surface area contributed by atoms with Crippen molar-refractivity contribution in [3.05, 3.63) is 11.6 Å². The van der Waals surface area contributed by atoms with E-state index in [1.165, 1.54) is 6.42 Å². The number of nitrogens with one attached hydrogen (secondary N) is 1. The van der Waals surface area contributed by atoms with Gasteiger partial charge in [0.05, 0.1) is 6.04 Å². The van der Waals surface area contributed by atoms with Gasteiger partial charge in [-0.3, -0.25) is 9.69 Å². The van der Waals surface area contributed by atoms with Crippen LogP contribution in [-0.2, 0) is 4.79 Å². The smallest absolute Gasteiger partial charge is 0.245 e. The normalized spacial score (nSPS) is 33.4. The molecule has 2 aliphatic rings. The maximum absolute atomic E-state index is 12.3. The molecule has 1 aliphatic heterocycles. The van der Waals surface area contributed by atoms with Gasteiger partial charge < -0.3 is 5.32 Å². The van der Waals surface area contributed by atoms with Gasteiger partial charge >= 0.3 is 0 Å².